The Morgan fingerprint density at radius 1 is 1.24 bits per heavy atom. The third-order valence-corrected chi connectivity index (χ3v) is 4.09. The Morgan fingerprint density at radius 3 is 2.33 bits per heavy atom. The molecule has 1 saturated heterocycles. The van der Waals surface area contributed by atoms with E-state index >= 15 is 0 Å². The molecule has 0 amide bonds. The highest BCUT2D eigenvalue weighted by Gasteiger charge is 2.41. The lowest BCUT2D eigenvalue weighted by Crippen LogP contribution is -2.41. The van der Waals surface area contributed by atoms with Gasteiger partial charge in [0.1, 0.15) is 0 Å². The standard InChI is InChI=1S/C16H20F3NO/c1-12(15(21)13-5-3-2-4-6-13)11-20-9-7-14(8-10-20)16(17,18)19/h2-6,12,14H,7-11H2,1H3. The zero-order valence-electron chi connectivity index (χ0n) is 12.1. The summed E-state index contributed by atoms with van der Waals surface area (Å²) in [6.45, 7) is 3.19. The summed E-state index contributed by atoms with van der Waals surface area (Å²) in [7, 11) is 0. The largest absolute Gasteiger partial charge is 0.391 e. The lowest BCUT2D eigenvalue weighted by molar-refractivity contribution is -0.185. The zero-order chi connectivity index (χ0) is 15.5. The van der Waals surface area contributed by atoms with Crippen LogP contribution in [0.4, 0.5) is 13.2 Å². The van der Waals surface area contributed by atoms with E-state index in [1.807, 2.05) is 30.0 Å². The van der Waals surface area contributed by atoms with Gasteiger partial charge in [0.2, 0.25) is 0 Å². The fourth-order valence-corrected chi connectivity index (χ4v) is 2.80. The van der Waals surface area contributed by atoms with Gasteiger partial charge >= 0.3 is 6.18 Å². The molecule has 0 radical (unpaired) electrons. The fourth-order valence-electron chi connectivity index (χ4n) is 2.80. The molecule has 21 heavy (non-hydrogen) atoms. The third-order valence-electron chi connectivity index (χ3n) is 4.09. The van der Waals surface area contributed by atoms with Crippen LogP contribution >= 0.6 is 0 Å². The topological polar surface area (TPSA) is 20.3 Å². The monoisotopic (exact) mass is 299 g/mol. The van der Waals surface area contributed by atoms with E-state index in [0.717, 1.165) is 0 Å². The highest BCUT2D eigenvalue weighted by Crippen LogP contribution is 2.34. The van der Waals surface area contributed by atoms with Crippen molar-refractivity contribution in [2.24, 2.45) is 11.8 Å². The van der Waals surface area contributed by atoms with Crippen LogP contribution in [-0.4, -0.2) is 36.5 Å². The maximum Gasteiger partial charge on any atom is 0.391 e. The minimum Gasteiger partial charge on any atom is -0.303 e. The molecule has 1 aliphatic rings. The normalized spacial score (nSPS) is 19.4. The first-order valence-corrected chi connectivity index (χ1v) is 7.26. The average molecular weight is 299 g/mol. The Labute approximate surface area is 122 Å². The van der Waals surface area contributed by atoms with Crippen LogP contribution < -0.4 is 0 Å². The van der Waals surface area contributed by atoms with E-state index in [-0.39, 0.29) is 24.5 Å². The highest BCUT2D eigenvalue weighted by molar-refractivity contribution is 5.97. The maximum absolute atomic E-state index is 12.6. The van der Waals surface area contributed by atoms with Crippen LogP contribution in [0, 0.1) is 11.8 Å². The molecule has 2 rings (SSSR count). The molecule has 0 aromatic heterocycles. The number of carbonyl (C=O) groups is 1. The van der Waals surface area contributed by atoms with E-state index in [0.29, 0.717) is 25.2 Å². The van der Waals surface area contributed by atoms with E-state index in [1.54, 1.807) is 12.1 Å². The molecule has 1 unspecified atom stereocenters. The minimum atomic E-state index is -4.09. The van der Waals surface area contributed by atoms with Crippen molar-refractivity contribution in [1.29, 1.82) is 0 Å². The molecule has 1 atom stereocenters. The molecule has 2 nitrogen and oxygen atoms in total. The SMILES string of the molecule is CC(CN1CCC(C(F)(F)F)CC1)C(=O)c1ccccc1. The highest BCUT2D eigenvalue weighted by atomic mass is 19.4. The lowest BCUT2D eigenvalue weighted by Gasteiger charge is -2.34. The van der Waals surface area contributed by atoms with Gasteiger partial charge in [-0.2, -0.15) is 13.2 Å². The van der Waals surface area contributed by atoms with Gasteiger partial charge in [0.05, 0.1) is 5.92 Å². The van der Waals surface area contributed by atoms with E-state index in [2.05, 4.69) is 0 Å². The van der Waals surface area contributed by atoms with E-state index in [4.69, 9.17) is 0 Å². The van der Waals surface area contributed by atoms with Gasteiger partial charge in [-0.25, -0.2) is 0 Å². The van der Waals surface area contributed by atoms with Gasteiger partial charge in [-0.15, -0.1) is 0 Å². The molecule has 1 aromatic rings. The summed E-state index contributed by atoms with van der Waals surface area (Å²) < 4.78 is 37.8. The number of rotatable bonds is 4. The van der Waals surface area contributed by atoms with Crippen LogP contribution in [0.5, 0.6) is 0 Å². The second kappa shape index (κ2) is 6.60. The third kappa shape index (κ3) is 4.30. The molecular formula is C16H20F3NO. The molecule has 1 fully saturated rings. The minimum absolute atomic E-state index is 0.0496. The smallest absolute Gasteiger partial charge is 0.303 e. The average Bonchev–Trinajstić information content (AvgIpc) is 2.47. The summed E-state index contributed by atoms with van der Waals surface area (Å²) in [4.78, 5) is 14.2. The molecule has 1 heterocycles. The molecule has 0 saturated carbocycles. The van der Waals surface area contributed by atoms with Gasteiger partial charge in [-0.1, -0.05) is 37.3 Å². The summed E-state index contributed by atoms with van der Waals surface area (Å²) in [5.74, 6) is -1.34. The van der Waals surface area contributed by atoms with Crippen LogP contribution in [0.15, 0.2) is 30.3 Å². The first-order chi connectivity index (χ1) is 9.88. The maximum atomic E-state index is 12.6. The molecular weight excluding hydrogens is 279 g/mol. The molecule has 0 N–H and O–H groups in total. The van der Waals surface area contributed by atoms with Crippen molar-refractivity contribution >= 4 is 5.78 Å². The van der Waals surface area contributed by atoms with Gasteiger partial charge in [0, 0.05) is 18.0 Å². The van der Waals surface area contributed by atoms with Crippen LogP contribution in [0.3, 0.4) is 0 Å². The summed E-state index contributed by atoms with van der Waals surface area (Å²) in [6.07, 6.45) is -3.82. The van der Waals surface area contributed by atoms with Gasteiger partial charge < -0.3 is 4.90 Å². The first-order valence-electron chi connectivity index (χ1n) is 7.26. The Bertz CT molecular complexity index is 464. The van der Waals surface area contributed by atoms with Crippen molar-refractivity contribution in [2.75, 3.05) is 19.6 Å². The molecule has 0 spiro atoms. The summed E-state index contributed by atoms with van der Waals surface area (Å²) in [5.41, 5.74) is 0.662. The number of Topliss-reactive ketones (excluding diaryl/α,β-unsaturated/α-hetero) is 1. The first kappa shape index (κ1) is 16.0. The van der Waals surface area contributed by atoms with E-state index < -0.39 is 12.1 Å². The van der Waals surface area contributed by atoms with Crippen LogP contribution in [-0.2, 0) is 0 Å². The fraction of sp³-hybridized carbons (Fsp3) is 0.562. The molecule has 1 aliphatic heterocycles. The van der Waals surface area contributed by atoms with Gasteiger partial charge in [0.25, 0.3) is 0 Å². The quantitative estimate of drug-likeness (QED) is 0.789. The predicted molar refractivity (Wildman–Crippen MR) is 75.2 cm³/mol. The van der Waals surface area contributed by atoms with Crippen LogP contribution in [0.25, 0.3) is 0 Å². The Hall–Kier alpha value is -1.36. The molecule has 0 bridgehead atoms. The molecule has 5 heteroatoms. The van der Waals surface area contributed by atoms with Crippen molar-refractivity contribution in [1.82, 2.24) is 4.90 Å². The number of carbonyl (C=O) groups excluding carboxylic acids is 1. The Kier molecular flexibility index (Phi) is 5.04. The predicted octanol–water partition coefficient (Wildman–Crippen LogP) is 3.78. The van der Waals surface area contributed by atoms with Crippen LogP contribution in [0.1, 0.15) is 30.1 Å². The number of ketones is 1. The van der Waals surface area contributed by atoms with Crippen LogP contribution in [0.2, 0.25) is 0 Å². The number of hydrogen-bond acceptors (Lipinski definition) is 2. The zero-order valence-corrected chi connectivity index (χ0v) is 12.1. The molecule has 116 valence electrons. The summed E-state index contributed by atoms with van der Waals surface area (Å²) in [5, 5.41) is 0. The van der Waals surface area contributed by atoms with E-state index in [9.17, 15) is 18.0 Å². The molecule has 1 aromatic carbocycles. The number of piperidine rings is 1. The van der Waals surface area contributed by atoms with Crippen molar-refractivity contribution < 1.29 is 18.0 Å². The summed E-state index contributed by atoms with van der Waals surface area (Å²) in [6, 6.07) is 9.02. The van der Waals surface area contributed by atoms with Gasteiger partial charge in [-0.3, -0.25) is 4.79 Å². The lowest BCUT2D eigenvalue weighted by atomic mass is 9.94. The van der Waals surface area contributed by atoms with Gasteiger partial charge in [0.15, 0.2) is 5.78 Å². The number of likely N-dealkylation sites (tertiary alicyclic amines) is 1. The Balaban J connectivity index is 1.85. The molecule has 0 aliphatic carbocycles. The summed E-state index contributed by atoms with van der Waals surface area (Å²) >= 11 is 0. The number of benzene rings is 1. The number of halogens is 3. The second-order valence-electron chi connectivity index (χ2n) is 5.75. The Morgan fingerprint density at radius 2 is 1.81 bits per heavy atom. The number of nitrogens with zero attached hydrogens (tertiary/aromatic N) is 1. The van der Waals surface area contributed by atoms with Crippen molar-refractivity contribution in [3.05, 3.63) is 35.9 Å². The number of hydrogen-bond donors (Lipinski definition) is 0. The van der Waals surface area contributed by atoms with Crippen molar-refractivity contribution in [3.8, 4) is 0 Å². The number of alkyl halides is 3. The van der Waals surface area contributed by atoms with Crippen molar-refractivity contribution in [3.63, 3.8) is 0 Å². The van der Waals surface area contributed by atoms with E-state index in [1.165, 1.54) is 0 Å². The second-order valence-corrected chi connectivity index (χ2v) is 5.75. The van der Waals surface area contributed by atoms with Crippen molar-refractivity contribution in [2.45, 2.75) is 25.9 Å². The van der Waals surface area contributed by atoms with Gasteiger partial charge in [-0.05, 0) is 25.9 Å².